The van der Waals surface area contributed by atoms with Gasteiger partial charge in [-0.15, -0.1) is 0 Å². The first-order valence-electron chi connectivity index (χ1n) is 14.0. The van der Waals surface area contributed by atoms with E-state index in [-0.39, 0.29) is 51.7 Å². The lowest BCUT2D eigenvalue weighted by atomic mass is 9.40. The standard InChI is InChI=1S/C31H48O5/c1-18(2)10-9-11-19(27(35)36-8)25-23(33)17-31(7)21-16-22(32)26-28(3,4)24(34)13-14-29(26,5)20(21)12-15-30(25,31)6/h10,16,19-20,22-23,25-26,32-33H,9,11-15,17H2,1-8H3/t19-,20+,22-,23+,25-,26-,29-,30+,31-/m1/s1. The summed E-state index contributed by atoms with van der Waals surface area (Å²) in [7, 11) is 1.45. The molecule has 5 heteroatoms. The minimum atomic E-state index is -0.690. The Labute approximate surface area is 217 Å². The summed E-state index contributed by atoms with van der Waals surface area (Å²) >= 11 is 0. The van der Waals surface area contributed by atoms with Crippen LogP contribution in [0.4, 0.5) is 0 Å². The molecule has 36 heavy (non-hydrogen) atoms. The fourth-order valence-electron chi connectivity index (χ4n) is 9.64. The molecule has 0 aromatic heterocycles. The van der Waals surface area contributed by atoms with Crippen LogP contribution in [0.2, 0.25) is 0 Å². The summed E-state index contributed by atoms with van der Waals surface area (Å²) in [5.74, 6) is -0.388. The fraction of sp³-hybridized carbons (Fsp3) is 0.806. The van der Waals surface area contributed by atoms with Gasteiger partial charge in [-0.1, -0.05) is 57.9 Å². The Balaban J connectivity index is 1.76. The van der Waals surface area contributed by atoms with Crippen molar-refractivity contribution in [3.63, 3.8) is 0 Å². The molecule has 0 radical (unpaired) electrons. The number of hydrogen-bond donors (Lipinski definition) is 2. The van der Waals surface area contributed by atoms with Crippen molar-refractivity contribution in [1.29, 1.82) is 0 Å². The zero-order valence-electron chi connectivity index (χ0n) is 23.7. The maximum absolute atomic E-state index is 13.1. The normalized spacial score (nSPS) is 44.0. The van der Waals surface area contributed by atoms with Gasteiger partial charge in [0.2, 0.25) is 0 Å². The van der Waals surface area contributed by atoms with Crippen LogP contribution in [0.15, 0.2) is 23.3 Å². The van der Waals surface area contributed by atoms with Crippen molar-refractivity contribution in [2.45, 2.75) is 106 Å². The first-order valence-corrected chi connectivity index (χ1v) is 14.0. The van der Waals surface area contributed by atoms with Crippen LogP contribution in [-0.4, -0.2) is 41.3 Å². The highest BCUT2D eigenvalue weighted by molar-refractivity contribution is 5.85. The molecule has 3 saturated carbocycles. The number of Topliss-reactive ketones (excluding diaryl/α,β-unsaturated/α-hetero) is 1. The Hall–Kier alpha value is -1.46. The number of carbonyl (C=O) groups excluding carboxylic acids is 2. The van der Waals surface area contributed by atoms with Gasteiger partial charge in [-0.25, -0.2) is 0 Å². The third kappa shape index (κ3) is 3.78. The van der Waals surface area contributed by atoms with E-state index in [4.69, 9.17) is 4.74 Å². The van der Waals surface area contributed by atoms with Crippen molar-refractivity contribution in [2.75, 3.05) is 7.11 Å². The summed E-state index contributed by atoms with van der Waals surface area (Å²) in [6.45, 7) is 15.0. The van der Waals surface area contributed by atoms with Gasteiger partial charge >= 0.3 is 5.97 Å². The number of hydrogen-bond acceptors (Lipinski definition) is 5. The Morgan fingerprint density at radius 2 is 1.83 bits per heavy atom. The van der Waals surface area contributed by atoms with E-state index in [1.165, 1.54) is 18.3 Å². The molecule has 0 unspecified atom stereocenters. The van der Waals surface area contributed by atoms with Crippen LogP contribution in [0.5, 0.6) is 0 Å². The van der Waals surface area contributed by atoms with Gasteiger partial charge in [-0.3, -0.25) is 9.59 Å². The molecule has 0 heterocycles. The first kappa shape index (κ1) is 27.6. The van der Waals surface area contributed by atoms with Crippen molar-refractivity contribution in [2.24, 2.45) is 45.3 Å². The Morgan fingerprint density at radius 1 is 1.17 bits per heavy atom. The number of methoxy groups -OCH3 is 1. The molecule has 202 valence electrons. The topological polar surface area (TPSA) is 83.8 Å². The second-order valence-electron chi connectivity index (χ2n) is 13.9. The molecule has 5 nitrogen and oxygen atoms in total. The maximum atomic E-state index is 13.1. The lowest BCUT2D eigenvalue weighted by Crippen LogP contribution is -2.61. The van der Waals surface area contributed by atoms with Crippen LogP contribution in [0.1, 0.15) is 93.4 Å². The van der Waals surface area contributed by atoms with E-state index >= 15 is 0 Å². The van der Waals surface area contributed by atoms with Crippen LogP contribution in [0.25, 0.3) is 0 Å². The summed E-state index contributed by atoms with van der Waals surface area (Å²) in [4.78, 5) is 26.0. The SMILES string of the molecule is COC(=O)[C@H](CCC=C(C)C)[C@@H]1[C@@H](O)C[C@]2(C)C3=C[C@@H](O)[C@@H]4C(C)(C)C(=O)CC[C@]4(C)[C@H]3CC[C@@]12C. The molecule has 0 aliphatic heterocycles. The minimum Gasteiger partial charge on any atom is -0.469 e. The number of ketones is 1. The number of rotatable bonds is 5. The number of esters is 1. The van der Waals surface area contributed by atoms with Crippen LogP contribution < -0.4 is 0 Å². The molecule has 2 N–H and O–H groups in total. The first-order chi connectivity index (χ1) is 16.6. The smallest absolute Gasteiger partial charge is 0.309 e. The average molecular weight is 501 g/mol. The second kappa shape index (κ2) is 9.08. The van der Waals surface area contributed by atoms with E-state index in [1.54, 1.807) is 0 Å². The largest absolute Gasteiger partial charge is 0.469 e. The van der Waals surface area contributed by atoms with Gasteiger partial charge in [-0.2, -0.15) is 0 Å². The second-order valence-corrected chi connectivity index (χ2v) is 13.9. The number of ether oxygens (including phenoxy) is 1. The van der Waals surface area contributed by atoms with E-state index in [9.17, 15) is 19.8 Å². The van der Waals surface area contributed by atoms with E-state index in [0.717, 1.165) is 25.7 Å². The third-order valence-corrected chi connectivity index (χ3v) is 11.5. The highest BCUT2D eigenvalue weighted by Gasteiger charge is 2.69. The van der Waals surface area contributed by atoms with Crippen molar-refractivity contribution >= 4 is 11.8 Å². The number of aliphatic hydroxyl groups excluding tert-OH is 2. The minimum absolute atomic E-state index is 0.109. The Kier molecular flexibility index (Phi) is 6.95. The zero-order chi connectivity index (χ0) is 26.8. The summed E-state index contributed by atoms with van der Waals surface area (Å²) in [5.41, 5.74) is 1.13. The quantitative estimate of drug-likeness (QED) is 0.377. The molecule has 4 aliphatic carbocycles. The molecule has 0 saturated heterocycles. The van der Waals surface area contributed by atoms with Gasteiger partial charge in [-0.05, 0) is 74.5 Å². The van der Waals surface area contributed by atoms with E-state index in [1.807, 2.05) is 13.8 Å². The molecular formula is C31H48O5. The molecule has 0 amide bonds. The van der Waals surface area contributed by atoms with Crippen molar-refractivity contribution in [1.82, 2.24) is 0 Å². The van der Waals surface area contributed by atoms with E-state index in [0.29, 0.717) is 19.3 Å². The van der Waals surface area contributed by atoms with Crippen LogP contribution in [-0.2, 0) is 14.3 Å². The van der Waals surface area contributed by atoms with Gasteiger partial charge in [0.05, 0.1) is 25.2 Å². The van der Waals surface area contributed by atoms with Gasteiger partial charge in [0.25, 0.3) is 0 Å². The number of carbonyl (C=O) groups is 2. The van der Waals surface area contributed by atoms with Crippen LogP contribution in [0, 0.1) is 45.3 Å². The fourth-order valence-corrected chi connectivity index (χ4v) is 9.64. The van der Waals surface area contributed by atoms with Crippen molar-refractivity contribution in [3.05, 3.63) is 23.3 Å². The average Bonchev–Trinajstić information content (AvgIpc) is 2.99. The van der Waals surface area contributed by atoms with Crippen LogP contribution >= 0.6 is 0 Å². The summed E-state index contributed by atoms with van der Waals surface area (Å²) in [6, 6.07) is 0. The predicted octanol–water partition coefficient (Wildman–Crippen LogP) is 5.64. The molecular weight excluding hydrogens is 452 g/mol. The Morgan fingerprint density at radius 3 is 2.44 bits per heavy atom. The summed E-state index contributed by atoms with van der Waals surface area (Å²) < 4.78 is 5.27. The van der Waals surface area contributed by atoms with Gasteiger partial charge in [0.1, 0.15) is 5.78 Å². The van der Waals surface area contributed by atoms with Crippen molar-refractivity contribution < 1.29 is 24.5 Å². The lowest BCUT2D eigenvalue weighted by molar-refractivity contribution is -0.159. The van der Waals surface area contributed by atoms with Gasteiger partial charge in [0, 0.05) is 23.7 Å². The molecule has 0 spiro atoms. The number of fused-ring (bicyclic) bond motifs is 5. The van der Waals surface area contributed by atoms with Gasteiger partial charge < -0.3 is 14.9 Å². The molecule has 4 rings (SSSR count). The predicted molar refractivity (Wildman–Crippen MR) is 141 cm³/mol. The van der Waals surface area contributed by atoms with E-state index in [2.05, 4.69) is 46.8 Å². The third-order valence-electron chi connectivity index (χ3n) is 11.5. The number of aliphatic hydroxyl groups is 2. The monoisotopic (exact) mass is 500 g/mol. The molecule has 9 atom stereocenters. The highest BCUT2D eigenvalue weighted by Crippen LogP contribution is 2.73. The van der Waals surface area contributed by atoms with Gasteiger partial charge in [0.15, 0.2) is 0 Å². The zero-order valence-corrected chi connectivity index (χ0v) is 23.7. The summed E-state index contributed by atoms with van der Waals surface area (Å²) in [6.07, 6.45) is 8.16. The lowest BCUT2D eigenvalue weighted by Gasteiger charge is -2.63. The maximum Gasteiger partial charge on any atom is 0.309 e. The highest BCUT2D eigenvalue weighted by atomic mass is 16.5. The summed E-state index contributed by atoms with van der Waals surface area (Å²) in [5, 5.41) is 23.1. The van der Waals surface area contributed by atoms with Crippen LogP contribution in [0.3, 0.4) is 0 Å². The Bertz CT molecular complexity index is 973. The molecule has 0 aromatic rings. The molecule has 4 aliphatic rings. The van der Waals surface area contributed by atoms with E-state index < -0.39 is 17.6 Å². The molecule has 0 aromatic carbocycles. The van der Waals surface area contributed by atoms with Crippen molar-refractivity contribution in [3.8, 4) is 0 Å². The molecule has 0 bridgehead atoms. The number of allylic oxidation sites excluding steroid dienone is 3. The molecule has 3 fully saturated rings.